The van der Waals surface area contributed by atoms with Gasteiger partial charge in [0.15, 0.2) is 5.11 Å². The summed E-state index contributed by atoms with van der Waals surface area (Å²) in [6.07, 6.45) is 3.82. The van der Waals surface area contributed by atoms with Crippen LogP contribution in [-0.2, 0) is 11.3 Å². The number of carbonyl (C=O) groups excluding carboxylic acids is 1. The second-order valence-corrected chi connectivity index (χ2v) is 8.83. The van der Waals surface area contributed by atoms with Gasteiger partial charge < -0.3 is 24.3 Å². The molecule has 8 heteroatoms. The van der Waals surface area contributed by atoms with Gasteiger partial charge in [-0.1, -0.05) is 18.2 Å². The fourth-order valence-electron chi connectivity index (χ4n) is 4.57. The standard InChI is InChI=1S/C28H26N4O3S/c1-34-22-14-8-19(9-15-22)18-32-26(25(30-28(32)36)23-6-3-4-16-29-23)24-7-5-17-31(24)21-12-10-20(11-13-21)27(33)35-2/h3-17,25-26H,18H2,1-2H3,(H,30,36)/t25-,26-/m0/s1. The number of hydrogen-bond donors (Lipinski definition) is 1. The maximum atomic E-state index is 11.9. The van der Waals surface area contributed by atoms with E-state index in [9.17, 15) is 4.79 Å². The summed E-state index contributed by atoms with van der Waals surface area (Å²) < 4.78 is 12.3. The molecule has 1 aliphatic rings. The topological polar surface area (TPSA) is 68.6 Å². The highest BCUT2D eigenvalue weighted by atomic mass is 32.1. The molecule has 2 aromatic heterocycles. The van der Waals surface area contributed by atoms with Crippen molar-refractivity contribution in [1.29, 1.82) is 0 Å². The first-order valence-corrected chi connectivity index (χ1v) is 12.0. The Kier molecular flexibility index (Phi) is 6.69. The quantitative estimate of drug-likeness (QED) is 0.289. The summed E-state index contributed by atoms with van der Waals surface area (Å²) in [4.78, 5) is 18.7. The van der Waals surface area contributed by atoms with Crippen LogP contribution in [0.3, 0.4) is 0 Å². The zero-order valence-electron chi connectivity index (χ0n) is 20.0. The first kappa shape index (κ1) is 23.6. The Bertz CT molecular complexity index is 1350. The minimum atomic E-state index is -0.361. The van der Waals surface area contributed by atoms with Gasteiger partial charge >= 0.3 is 5.97 Å². The van der Waals surface area contributed by atoms with Crippen LogP contribution >= 0.6 is 12.2 Å². The van der Waals surface area contributed by atoms with Crippen LogP contribution in [0.15, 0.2) is 91.3 Å². The number of methoxy groups -OCH3 is 2. The normalized spacial score (nSPS) is 17.1. The van der Waals surface area contributed by atoms with Crippen LogP contribution in [0.4, 0.5) is 0 Å². The lowest BCUT2D eigenvalue weighted by molar-refractivity contribution is 0.0600. The fourth-order valence-corrected chi connectivity index (χ4v) is 4.88. The van der Waals surface area contributed by atoms with Crippen LogP contribution in [0.25, 0.3) is 5.69 Å². The van der Waals surface area contributed by atoms with Crippen molar-refractivity contribution >= 4 is 23.3 Å². The van der Waals surface area contributed by atoms with E-state index in [-0.39, 0.29) is 18.1 Å². The molecule has 2 atom stereocenters. The Morgan fingerprint density at radius 2 is 1.78 bits per heavy atom. The number of rotatable bonds is 7. The second kappa shape index (κ2) is 10.2. The van der Waals surface area contributed by atoms with Crippen molar-refractivity contribution in [2.45, 2.75) is 18.6 Å². The molecule has 1 saturated heterocycles. The zero-order chi connectivity index (χ0) is 25.1. The molecule has 36 heavy (non-hydrogen) atoms. The van der Waals surface area contributed by atoms with Crippen LogP contribution in [0.1, 0.15) is 39.4 Å². The largest absolute Gasteiger partial charge is 0.497 e. The number of pyridine rings is 1. The third-order valence-corrected chi connectivity index (χ3v) is 6.71. The molecule has 1 aliphatic heterocycles. The van der Waals surface area contributed by atoms with Crippen molar-refractivity contribution in [3.63, 3.8) is 0 Å². The first-order chi connectivity index (χ1) is 17.6. The molecule has 1 fully saturated rings. The number of benzene rings is 2. The first-order valence-electron chi connectivity index (χ1n) is 11.6. The Morgan fingerprint density at radius 1 is 1.00 bits per heavy atom. The van der Waals surface area contributed by atoms with Crippen molar-refractivity contribution in [2.24, 2.45) is 0 Å². The highest BCUT2D eigenvalue weighted by molar-refractivity contribution is 7.80. The Balaban J connectivity index is 1.54. The minimum absolute atomic E-state index is 0.121. The lowest BCUT2D eigenvalue weighted by atomic mass is 10.0. The molecule has 0 bridgehead atoms. The number of carbonyl (C=O) groups is 1. The zero-order valence-corrected chi connectivity index (χ0v) is 20.8. The van der Waals surface area contributed by atoms with Crippen LogP contribution in [0, 0.1) is 0 Å². The predicted octanol–water partition coefficient (Wildman–Crippen LogP) is 4.84. The van der Waals surface area contributed by atoms with E-state index in [0.717, 1.165) is 28.4 Å². The molecule has 0 aliphatic carbocycles. The molecule has 0 unspecified atom stereocenters. The van der Waals surface area contributed by atoms with Crippen LogP contribution in [0.2, 0.25) is 0 Å². The summed E-state index contributed by atoms with van der Waals surface area (Å²) in [7, 11) is 3.04. The number of esters is 1. The van der Waals surface area contributed by atoms with Crippen LogP contribution in [0.5, 0.6) is 5.75 Å². The van der Waals surface area contributed by atoms with Gasteiger partial charge in [0.05, 0.1) is 37.6 Å². The lowest BCUT2D eigenvalue weighted by Gasteiger charge is -2.29. The summed E-state index contributed by atoms with van der Waals surface area (Å²) >= 11 is 5.84. The van der Waals surface area contributed by atoms with Gasteiger partial charge in [0.25, 0.3) is 0 Å². The second-order valence-electron chi connectivity index (χ2n) is 8.44. The number of aromatic nitrogens is 2. The van der Waals surface area contributed by atoms with E-state index < -0.39 is 0 Å². The monoisotopic (exact) mass is 498 g/mol. The van der Waals surface area contributed by atoms with E-state index in [4.69, 9.17) is 21.7 Å². The van der Waals surface area contributed by atoms with E-state index in [2.05, 4.69) is 38.0 Å². The fraction of sp³-hybridized carbons (Fsp3) is 0.179. The van der Waals surface area contributed by atoms with Gasteiger partial charge in [0, 0.05) is 30.3 Å². The third kappa shape index (κ3) is 4.55. The van der Waals surface area contributed by atoms with E-state index in [1.807, 2.05) is 54.7 Å². The summed E-state index contributed by atoms with van der Waals surface area (Å²) in [5.74, 6) is 0.452. The minimum Gasteiger partial charge on any atom is -0.497 e. The van der Waals surface area contributed by atoms with Gasteiger partial charge in [-0.3, -0.25) is 4.98 Å². The van der Waals surface area contributed by atoms with Gasteiger partial charge in [-0.25, -0.2) is 4.79 Å². The summed E-state index contributed by atoms with van der Waals surface area (Å²) in [6.45, 7) is 0.621. The van der Waals surface area contributed by atoms with E-state index in [0.29, 0.717) is 17.2 Å². The summed E-state index contributed by atoms with van der Waals surface area (Å²) in [6, 6.07) is 25.2. The maximum absolute atomic E-state index is 11.9. The molecule has 1 N–H and O–H groups in total. The smallest absolute Gasteiger partial charge is 0.337 e. The van der Waals surface area contributed by atoms with E-state index in [1.165, 1.54) is 7.11 Å². The molecule has 0 amide bonds. The van der Waals surface area contributed by atoms with Crippen molar-refractivity contribution in [2.75, 3.05) is 14.2 Å². The molecular weight excluding hydrogens is 472 g/mol. The summed E-state index contributed by atoms with van der Waals surface area (Å²) in [5.41, 5.74) is 4.52. The van der Waals surface area contributed by atoms with Crippen molar-refractivity contribution < 1.29 is 14.3 Å². The van der Waals surface area contributed by atoms with Crippen LogP contribution < -0.4 is 10.1 Å². The molecule has 0 radical (unpaired) electrons. The molecule has 182 valence electrons. The Labute approximate surface area is 215 Å². The molecular formula is C28H26N4O3S. The molecule has 7 nitrogen and oxygen atoms in total. The van der Waals surface area contributed by atoms with Gasteiger partial charge in [0.1, 0.15) is 5.75 Å². The SMILES string of the molecule is COC(=O)c1ccc(-n2cccc2[C@H]2[C@H](c3ccccn3)NC(=S)N2Cc2ccc(OC)cc2)cc1. The van der Waals surface area contributed by atoms with E-state index >= 15 is 0 Å². The highest BCUT2D eigenvalue weighted by Gasteiger charge is 2.41. The molecule has 3 heterocycles. The predicted molar refractivity (Wildman–Crippen MR) is 141 cm³/mol. The van der Waals surface area contributed by atoms with Crippen LogP contribution in [-0.4, -0.2) is 39.8 Å². The Hall–Kier alpha value is -4.17. The molecule has 0 saturated carbocycles. The average molecular weight is 499 g/mol. The highest BCUT2D eigenvalue weighted by Crippen LogP contribution is 2.40. The number of ether oxygens (including phenoxy) is 2. The number of thiocarbonyl (C=S) groups is 1. The molecule has 4 aromatic rings. The Morgan fingerprint density at radius 3 is 2.44 bits per heavy atom. The van der Waals surface area contributed by atoms with Gasteiger partial charge in [-0.05, 0) is 78.4 Å². The van der Waals surface area contributed by atoms with E-state index in [1.54, 1.807) is 25.4 Å². The van der Waals surface area contributed by atoms with Crippen molar-refractivity contribution in [1.82, 2.24) is 19.8 Å². The number of nitrogens with zero attached hydrogens (tertiary/aromatic N) is 3. The third-order valence-electron chi connectivity index (χ3n) is 6.36. The van der Waals surface area contributed by atoms with Crippen molar-refractivity contribution in [3.8, 4) is 11.4 Å². The molecule has 5 rings (SSSR count). The van der Waals surface area contributed by atoms with Gasteiger partial charge in [-0.2, -0.15) is 0 Å². The molecule has 2 aromatic carbocycles. The lowest BCUT2D eigenvalue weighted by Crippen LogP contribution is -2.30. The van der Waals surface area contributed by atoms with Crippen molar-refractivity contribution in [3.05, 3.63) is 114 Å². The maximum Gasteiger partial charge on any atom is 0.337 e. The number of nitrogens with one attached hydrogen (secondary N) is 1. The van der Waals surface area contributed by atoms with Gasteiger partial charge in [-0.15, -0.1) is 0 Å². The average Bonchev–Trinajstić information content (AvgIpc) is 3.53. The summed E-state index contributed by atoms with van der Waals surface area (Å²) in [5, 5.41) is 4.17. The van der Waals surface area contributed by atoms with Gasteiger partial charge in [0.2, 0.25) is 0 Å². The molecule has 0 spiro atoms. The number of hydrogen-bond acceptors (Lipinski definition) is 5.